The Labute approximate surface area is 58.2 Å². The van der Waals surface area contributed by atoms with Gasteiger partial charge in [0.25, 0.3) is 0 Å². The van der Waals surface area contributed by atoms with E-state index in [0.29, 0.717) is 0 Å². The molecule has 0 aromatic rings. The maximum atomic E-state index is 10.2. The van der Waals surface area contributed by atoms with E-state index in [1.165, 1.54) is 0 Å². The van der Waals surface area contributed by atoms with Crippen LogP contribution in [0.2, 0.25) is 0 Å². The molecule has 0 aliphatic heterocycles. The zero-order valence-electron chi connectivity index (χ0n) is 5.31. The maximum absolute atomic E-state index is 10.2. The molecular formula is C4H9O5P. The third-order valence-electron chi connectivity index (χ3n) is 1.01. The van der Waals surface area contributed by atoms with E-state index in [-0.39, 0.29) is 0 Å². The van der Waals surface area contributed by atoms with Gasteiger partial charge < -0.3 is 15.1 Å². The van der Waals surface area contributed by atoms with Crippen molar-refractivity contribution in [2.45, 2.75) is 18.7 Å². The third-order valence-corrected chi connectivity index (χ3v) is 2.28. The lowest BCUT2D eigenvalue weighted by Gasteiger charge is -2.10. The van der Waals surface area contributed by atoms with Gasteiger partial charge in [0, 0.05) is 0 Å². The second kappa shape index (κ2) is 3.71. The second-order valence-electron chi connectivity index (χ2n) is 1.89. The van der Waals surface area contributed by atoms with Gasteiger partial charge in [-0.2, -0.15) is 0 Å². The number of hydrogen-bond acceptors (Lipinski definition) is 3. The average molecular weight is 168 g/mol. The van der Waals surface area contributed by atoms with E-state index in [1.54, 1.807) is 0 Å². The van der Waals surface area contributed by atoms with E-state index in [1.807, 2.05) is 0 Å². The highest BCUT2D eigenvalue weighted by Crippen LogP contribution is 2.25. The lowest BCUT2D eigenvalue weighted by atomic mass is 10.3. The van der Waals surface area contributed by atoms with Crippen LogP contribution in [0.5, 0.6) is 0 Å². The Hall–Kier alpha value is -0.380. The van der Waals surface area contributed by atoms with Crippen molar-refractivity contribution >= 4 is 14.0 Å². The van der Waals surface area contributed by atoms with Gasteiger partial charge in [-0.1, -0.05) is 0 Å². The molecule has 0 aromatic carbocycles. The van der Waals surface area contributed by atoms with Crippen LogP contribution in [0, 0.1) is 0 Å². The summed E-state index contributed by atoms with van der Waals surface area (Å²) < 4.78 is 10.2. The number of hydrogen-bond donors (Lipinski definition) is 3. The first-order chi connectivity index (χ1) is 4.46. The summed E-state index contributed by atoms with van der Waals surface area (Å²) in [4.78, 5) is 18.4. The van der Waals surface area contributed by atoms with Crippen LogP contribution in [-0.2, 0) is 9.36 Å². The molecule has 0 fully saturated rings. The first-order valence-electron chi connectivity index (χ1n) is 2.60. The molecule has 0 saturated carbocycles. The predicted molar refractivity (Wildman–Crippen MR) is 34.3 cm³/mol. The summed E-state index contributed by atoms with van der Waals surface area (Å²) >= 11 is 0. The minimum absolute atomic E-state index is 1.16. The first-order valence-corrected chi connectivity index (χ1v) is 4.03. The Morgan fingerprint density at radius 1 is 1.60 bits per heavy atom. The highest BCUT2D eigenvalue weighted by Gasteiger charge is 2.27. The molecule has 0 rings (SSSR count). The van der Waals surface area contributed by atoms with Gasteiger partial charge in [-0.05, 0) is 6.92 Å². The largest absolute Gasteiger partial charge is 0.481 e. The number of aliphatic hydroxyl groups is 1. The van der Waals surface area contributed by atoms with Crippen molar-refractivity contribution in [1.29, 1.82) is 0 Å². The summed E-state index contributed by atoms with van der Waals surface area (Å²) in [5.74, 6) is -1.44. The molecule has 0 saturated heterocycles. The van der Waals surface area contributed by atoms with Gasteiger partial charge in [0.15, 0.2) is 5.66 Å². The summed E-state index contributed by atoms with van der Waals surface area (Å²) in [5.41, 5.74) is -1.54. The zero-order chi connectivity index (χ0) is 8.31. The molecule has 0 amide bonds. The van der Waals surface area contributed by atoms with E-state index in [0.717, 1.165) is 6.92 Å². The van der Waals surface area contributed by atoms with Crippen LogP contribution < -0.4 is 0 Å². The predicted octanol–water partition coefficient (Wildman–Crippen LogP) is -0.713. The van der Waals surface area contributed by atoms with Crippen molar-refractivity contribution in [3.63, 3.8) is 0 Å². The third kappa shape index (κ3) is 2.47. The molecule has 3 N–H and O–H groups in total. The van der Waals surface area contributed by atoms with Crippen LogP contribution in [0.3, 0.4) is 0 Å². The Morgan fingerprint density at radius 3 is 2.00 bits per heavy atom. The monoisotopic (exact) mass is 168 g/mol. The summed E-state index contributed by atoms with van der Waals surface area (Å²) in [6.07, 6.45) is -1.28. The van der Waals surface area contributed by atoms with Gasteiger partial charge in [-0.25, -0.2) is 0 Å². The minimum Gasteiger partial charge on any atom is -0.481 e. The molecule has 3 atom stereocenters. The van der Waals surface area contributed by atoms with Crippen molar-refractivity contribution in [1.82, 2.24) is 0 Å². The average Bonchev–Trinajstić information content (AvgIpc) is 1.59. The van der Waals surface area contributed by atoms with Crippen molar-refractivity contribution in [3.05, 3.63) is 0 Å². The molecule has 0 aliphatic rings. The highest BCUT2D eigenvalue weighted by atomic mass is 31.1. The van der Waals surface area contributed by atoms with Crippen molar-refractivity contribution < 1.29 is 24.5 Å². The number of aliphatic carboxylic acids is 1. The topological polar surface area (TPSA) is 94.8 Å². The first kappa shape index (κ1) is 9.62. The molecule has 5 nitrogen and oxygen atoms in total. The Morgan fingerprint density at radius 2 is 2.00 bits per heavy atom. The Kier molecular flexibility index (Phi) is 3.57. The maximum Gasteiger partial charge on any atom is 0.318 e. The van der Waals surface area contributed by atoms with Gasteiger partial charge in [0.1, 0.15) is 0 Å². The van der Waals surface area contributed by atoms with Crippen LogP contribution in [0.15, 0.2) is 0 Å². The molecule has 0 aromatic heterocycles. The molecule has 3 unspecified atom stereocenters. The molecular weight excluding hydrogens is 159 g/mol. The fourth-order valence-electron chi connectivity index (χ4n) is 0.518. The number of carbonyl (C=O) groups is 1. The lowest BCUT2D eigenvalue weighted by molar-refractivity contribution is -0.138. The number of carboxylic acids is 1. The van der Waals surface area contributed by atoms with E-state index < -0.39 is 25.8 Å². The minimum atomic E-state index is -3.17. The normalized spacial score (nSPS) is 19.5. The van der Waals surface area contributed by atoms with Crippen LogP contribution in [-0.4, -0.2) is 32.8 Å². The van der Waals surface area contributed by atoms with E-state index in [2.05, 4.69) is 0 Å². The molecule has 0 bridgehead atoms. The summed E-state index contributed by atoms with van der Waals surface area (Å²) in [5, 5.41) is 16.9. The van der Waals surface area contributed by atoms with E-state index >= 15 is 0 Å². The number of aliphatic hydroxyl groups excluding tert-OH is 1. The molecule has 0 aliphatic carbocycles. The standard InChI is InChI=1S/C4H9O5P/c1-2(5)3(4(6)7)10(8)9/h2-3,5,10H,1H3,(H,6,7)(H,8,9). The van der Waals surface area contributed by atoms with Crippen molar-refractivity contribution in [3.8, 4) is 0 Å². The van der Waals surface area contributed by atoms with Gasteiger partial charge in [0.05, 0.1) is 6.10 Å². The summed E-state index contributed by atoms with van der Waals surface area (Å²) in [7, 11) is -3.17. The van der Waals surface area contributed by atoms with Crippen LogP contribution in [0.4, 0.5) is 0 Å². The van der Waals surface area contributed by atoms with Crippen LogP contribution in [0.25, 0.3) is 0 Å². The van der Waals surface area contributed by atoms with Crippen LogP contribution >= 0.6 is 8.03 Å². The molecule has 6 heteroatoms. The Balaban J connectivity index is 4.27. The number of rotatable bonds is 3. The van der Waals surface area contributed by atoms with Gasteiger partial charge in [-0.3, -0.25) is 9.36 Å². The molecule has 0 spiro atoms. The SMILES string of the molecule is CC(O)C(C(=O)O)[PH](=O)O. The smallest absolute Gasteiger partial charge is 0.318 e. The van der Waals surface area contributed by atoms with Gasteiger partial charge >= 0.3 is 5.97 Å². The van der Waals surface area contributed by atoms with E-state index in [9.17, 15) is 9.36 Å². The van der Waals surface area contributed by atoms with Crippen molar-refractivity contribution in [2.24, 2.45) is 0 Å². The van der Waals surface area contributed by atoms with Gasteiger partial charge in [-0.15, -0.1) is 0 Å². The number of carboxylic acid groups (broad SMARTS) is 1. The summed E-state index contributed by atoms with van der Waals surface area (Å²) in [6, 6.07) is 0. The fourth-order valence-corrected chi connectivity index (χ4v) is 1.14. The van der Waals surface area contributed by atoms with E-state index in [4.69, 9.17) is 15.1 Å². The lowest BCUT2D eigenvalue weighted by Crippen LogP contribution is -2.28. The highest BCUT2D eigenvalue weighted by molar-refractivity contribution is 7.40. The quantitative estimate of drug-likeness (QED) is 0.483. The van der Waals surface area contributed by atoms with Gasteiger partial charge in [0.2, 0.25) is 8.03 Å². The molecule has 0 radical (unpaired) electrons. The molecule has 10 heavy (non-hydrogen) atoms. The molecule has 0 heterocycles. The van der Waals surface area contributed by atoms with Crippen molar-refractivity contribution in [2.75, 3.05) is 0 Å². The van der Waals surface area contributed by atoms with Crippen LogP contribution in [0.1, 0.15) is 6.92 Å². The fraction of sp³-hybridized carbons (Fsp3) is 0.750. The molecule has 60 valence electrons. The zero-order valence-corrected chi connectivity index (χ0v) is 6.31. The summed E-state index contributed by atoms with van der Waals surface area (Å²) in [6.45, 7) is 1.16. The Bertz CT molecular complexity index is 140. The second-order valence-corrected chi connectivity index (χ2v) is 3.19.